The number of para-hydroxylation sites is 1. The molecule has 1 fully saturated rings. The van der Waals surface area contributed by atoms with E-state index in [1.807, 2.05) is 36.1 Å². The fraction of sp³-hybridized carbons (Fsp3) is 0.364. The topological polar surface area (TPSA) is 79.4 Å². The van der Waals surface area contributed by atoms with Crippen LogP contribution in [-0.4, -0.2) is 49.6 Å². The van der Waals surface area contributed by atoms with Gasteiger partial charge >= 0.3 is 0 Å². The van der Waals surface area contributed by atoms with Crippen LogP contribution in [0.2, 0.25) is 0 Å². The minimum atomic E-state index is -3.54. The molecular weight excluding hydrogens is 450 g/mol. The van der Waals surface area contributed by atoms with Gasteiger partial charge in [0.15, 0.2) is 4.34 Å². The normalized spacial score (nSPS) is 17.2. The number of piperidine rings is 1. The Morgan fingerprint density at radius 2 is 2.00 bits per heavy atom. The van der Waals surface area contributed by atoms with Crippen LogP contribution in [0, 0.1) is 12.8 Å². The number of hydrogen-bond donors (Lipinski definition) is 1. The molecule has 1 aliphatic heterocycles. The Labute approximate surface area is 191 Å². The van der Waals surface area contributed by atoms with E-state index in [0.29, 0.717) is 18.8 Å². The number of carbonyl (C=O) groups is 1. The van der Waals surface area contributed by atoms with Crippen molar-refractivity contribution >= 4 is 49.2 Å². The molecular formula is C22H25N3O3S3. The average Bonchev–Trinajstić information content (AvgIpc) is 3.20. The Balaban J connectivity index is 1.29. The Bertz CT molecular complexity index is 1130. The third-order valence-electron chi connectivity index (χ3n) is 5.36. The van der Waals surface area contributed by atoms with Crippen molar-refractivity contribution in [3.8, 4) is 0 Å². The number of fused-ring (bicyclic) bond motifs is 1. The molecule has 6 nitrogen and oxygen atoms in total. The zero-order chi connectivity index (χ0) is 21.8. The molecule has 164 valence electrons. The van der Waals surface area contributed by atoms with Crippen LogP contribution in [0.1, 0.15) is 18.4 Å². The summed E-state index contributed by atoms with van der Waals surface area (Å²) in [6, 6.07) is 14.8. The van der Waals surface area contributed by atoms with Crippen molar-refractivity contribution in [3.05, 3.63) is 54.1 Å². The van der Waals surface area contributed by atoms with Crippen molar-refractivity contribution in [1.82, 2.24) is 14.6 Å². The number of benzene rings is 2. The summed E-state index contributed by atoms with van der Waals surface area (Å²) in [6.45, 7) is 3.56. The minimum absolute atomic E-state index is 0.0790. The summed E-state index contributed by atoms with van der Waals surface area (Å²) in [5.41, 5.74) is 1.98. The van der Waals surface area contributed by atoms with Gasteiger partial charge in [0.05, 0.1) is 20.9 Å². The number of thiazole rings is 1. The average molecular weight is 476 g/mol. The summed E-state index contributed by atoms with van der Waals surface area (Å²) in [5.74, 6) is 0.544. The van der Waals surface area contributed by atoms with Crippen molar-refractivity contribution < 1.29 is 13.2 Å². The van der Waals surface area contributed by atoms with E-state index in [-0.39, 0.29) is 16.7 Å². The van der Waals surface area contributed by atoms with E-state index in [0.717, 1.165) is 39.5 Å². The molecule has 1 aromatic heterocycles. The first-order chi connectivity index (χ1) is 14.9. The van der Waals surface area contributed by atoms with Crippen LogP contribution in [-0.2, 0) is 14.8 Å². The van der Waals surface area contributed by atoms with Gasteiger partial charge in [0.1, 0.15) is 0 Å². The van der Waals surface area contributed by atoms with Gasteiger partial charge in [-0.2, -0.15) is 0 Å². The van der Waals surface area contributed by atoms with Crippen LogP contribution in [0.4, 0.5) is 0 Å². The molecule has 1 atom stereocenters. The summed E-state index contributed by atoms with van der Waals surface area (Å²) < 4.78 is 29.8. The number of thioether (sulfide) groups is 1. The first kappa shape index (κ1) is 22.3. The van der Waals surface area contributed by atoms with E-state index in [4.69, 9.17) is 0 Å². The Morgan fingerprint density at radius 1 is 1.23 bits per heavy atom. The maximum absolute atomic E-state index is 12.7. The molecule has 4 rings (SSSR count). The van der Waals surface area contributed by atoms with Crippen LogP contribution in [0.5, 0.6) is 0 Å². The van der Waals surface area contributed by atoms with Gasteiger partial charge in [0.2, 0.25) is 15.9 Å². The summed E-state index contributed by atoms with van der Waals surface area (Å²) in [5, 5.41) is 0. The zero-order valence-corrected chi connectivity index (χ0v) is 19.7. The lowest BCUT2D eigenvalue weighted by Gasteiger charge is -2.32. The van der Waals surface area contributed by atoms with Crippen molar-refractivity contribution in [3.63, 3.8) is 0 Å². The number of aryl methyl sites for hydroxylation is 1. The van der Waals surface area contributed by atoms with Crippen LogP contribution < -0.4 is 4.72 Å². The van der Waals surface area contributed by atoms with Crippen molar-refractivity contribution in [2.24, 2.45) is 5.92 Å². The highest BCUT2D eigenvalue weighted by Crippen LogP contribution is 2.29. The maximum atomic E-state index is 12.7. The van der Waals surface area contributed by atoms with Gasteiger partial charge in [0, 0.05) is 19.6 Å². The number of nitrogens with zero attached hydrogens (tertiary/aromatic N) is 2. The molecule has 1 unspecified atom stereocenters. The minimum Gasteiger partial charge on any atom is -0.342 e. The number of amides is 1. The highest BCUT2D eigenvalue weighted by atomic mass is 32.2. The Morgan fingerprint density at radius 3 is 2.77 bits per heavy atom. The van der Waals surface area contributed by atoms with Gasteiger partial charge in [-0.15, -0.1) is 11.3 Å². The zero-order valence-electron chi connectivity index (χ0n) is 17.3. The number of likely N-dealkylation sites (tertiary alicyclic amines) is 1. The molecule has 0 bridgehead atoms. The highest BCUT2D eigenvalue weighted by molar-refractivity contribution is 8.01. The molecule has 3 aromatic rings. The lowest BCUT2D eigenvalue weighted by atomic mass is 9.98. The van der Waals surface area contributed by atoms with Crippen LogP contribution in [0.15, 0.2) is 57.8 Å². The first-order valence-corrected chi connectivity index (χ1v) is 13.5. The molecule has 2 heterocycles. The van der Waals surface area contributed by atoms with Crippen molar-refractivity contribution in [2.75, 3.05) is 25.4 Å². The van der Waals surface area contributed by atoms with Crippen LogP contribution >= 0.6 is 23.1 Å². The molecule has 1 aliphatic rings. The first-order valence-electron chi connectivity index (χ1n) is 10.2. The summed E-state index contributed by atoms with van der Waals surface area (Å²) in [7, 11) is -3.54. The van der Waals surface area contributed by atoms with E-state index in [9.17, 15) is 13.2 Å². The molecule has 9 heteroatoms. The largest absolute Gasteiger partial charge is 0.342 e. The van der Waals surface area contributed by atoms with Gasteiger partial charge in [0.25, 0.3) is 0 Å². The maximum Gasteiger partial charge on any atom is 0.240 e. The number of rotatable bonds is 7. The molecule has 0 saturated carbocycles. The second-order valence-electron chi connectivity index (χ2n) is 7.75. The predicted octanol–water partition coefficient (Wildman–Crippen LogP) is 3.91. The van der Waals surface area contributed by atoms with Gasteiger partial charge in [-0.3, -0.25) is 4.79 Å². The molecule has 2 aromatic carbocycles. The van der Waals surface area contributed by atoms with Gasteiger partial charge in [-0.25, -0.2) is 18.1 Å². The summed E-state index contributed by atoms with van der Waals surface area (Å²) in [6.07, 6.45) is 1.79. The quantitative estimate of drug-likeness (QED) is 0.524. The summed E-state index contributed by atoms with van der Waals surface area (Å²) in [4.78, 5) is 19.4. The van der Waals surface area contributed by atoms with Crippen molar-refractivity contribution in [2.45, 2.75) is 29.0 Å². The SMILES string of the molecule is Cc1ccc(S(=O)(=O)NCC2CCCN(C(=O)CSc3nc4ccccc4s3)C2)cc1. The van der Waals surface area contributed by atoms with E-state index in [1.54, 1.807) is 35.6 Å². The highest BCUT2D eigenvalue weighted by Gasteiger charge is 2.25. The number of aromatic nitrogens is 1. The van der Waals surface area contributed by atoms with E-state index in [2.05, 4.69) is 9.71 Å². The number of sulfonamides is 1. The van der Waals surface area contributed by atoms with Gasteiger partial charge < -0.3 is 4.90 Å². The smallest absolute Gasteiger partial charge is 0.240 e. The molecule has 0 spiro atoms. The lowest BCUT2D eigenvalue weighted by molar-refractivity contribution is -0.130. The van der Waals surface area contributed by atoms with E-state index < -0.39 is 10.0 Å². The molecule has 1 amide bonds. The van der Waals surface area contributed by atoms with Gasteiger partial charge in [-0.05, 0) is 49.9 Å². The molecule has 0 radical (unpaired) electrons. The molecule has 0 aliphatic carbocycles. The van der Waals surface area contributed by atoms with Crippen LogP contribution in [0.3, 0.4) is 0 Å². The summed E-state index contributed by atoms with van der Waals surface area (Å²) >= 11 is 3.07. The van der Waals surface area contributed by atoms with E-state index >= 15 is 0 Å². The Hall–Kier alpha value is -1.94. The third kappa shape index (κ3) is 5.65. The fourth-order valence-electron chi connectivity index (χ4n) is 3.61. The lowest BCUT2D eigenvalue weighted by Crippen LogP contribution is -2.44. The molecule has 31 heavy (non-hydrogen) atoms. The number of hydrogen-bond acceptors (Lipinski definition) is 6. The van der Waals surface area contributed by atoms with Gasteiger partial charge in [-0.1, -0.05) is 41.6 Å². The fourth-order valence-corrected chi connectivity index (χ4v) is 6.70. The number of carbonyl (C=O) groups excluding carboxylic acids is 1. The second kappa shape index (κ2) is 9.68. The second-order valence-corrected chi connectivity index (χ2v) is 11.8. The van der Waals surface area contributed by atoms with E-state index in [1.165, 1.54) is 11.8 Å². The monoisotopic (exact) mass is 475 g/mol. The molecule has 1 N–H and O–H groups in total. The standard InChI is InChI=1S/C22H25N3O3S3/c1-16-8-10-18(11-9-16)31(27,28)23-13-17-5-4-12-25(14-17)21(26)15-29-22-24-19-6-2-3-7-20(19)30-22/h2-3,6-11,17,23H,4-5,12-15H2,1H3. The van der Waals surface area contributed by atoms with Crippen molar-refractivity contribution in [1.29, 1.82) is 0 Å². The molecule has 1 saturated heterocycles. The Kier molecular flexibility index (Phi) is 6.95. The predicted molar refractivity (Wildman–Crippen MR) is 126 cm³/mol. The van der Waals surface area contributed by atoms with Crippen LogP contribution in [0.25, 0.3) is 10.2 Å². The number of nitrogens with one attached hydrogen (secondary N) is 1. The third-order valence-corrected chi connectivity index (χ3v) is 8.96.